The molecule has 0 unspecified atom stereocenters. The first-order chi connectivity index (χ1) is 6.77. The van der Waals surface area contributed by atoms with Crippen LogP contribution in [-0.2, 0) is 9.57 Å². The maximum atomic E-state index is 9.23. The van der Waals surface area contributed by atoms with Gasteiger partial charge in [0.25, 0.3) is 0 Å². The zero-order valence-electron chi connectivity index (χ0n) is 8.85. The van der Waals surface area contributed by atoms with Crippen molar-refractivity contribution in [1.29, 1.82) is 0 Å². The van der Waals surface area contributed by atoms with Crippen LogP contribution in [0.3, 0.4) is 0 Å². The van der Waals surface area contributed by atoms with Crippen LogP contribution in [0.2, 0.25) is 0 Å². The van der Waals surface area contributed by atoms with Gasteiger partial charge < -0.3 is 9.84 Å². The fourth-order valence-electron chi connectivity index (χ4n) is 2.42. The third-order valence-corrected chi connectivity index (χ3v) is 3.31. The molecule has 0 aromatic carbocycles. The smallest absolute Gasteiger partial charge is 0.0752 e. The second kappa shape index (κ2) is 4.14. The molecule has 2 aliphatic heterocycles. The summed E-state index contributed by atoms with van der Waals surface area (Å²) in [7, 11) is 0. The normalized spacial score (nSPS) is 40.1. The zero-order valence-corrected chi connectivity index (χ0v) is 8.85. The summed E-state index contributed by atoms with van der Waals surface area (Å²) in [6, 6.07) is 0.459. The first-order valence-electron chi connectivity index (χ1n) is 5.41. The summed E-state index contributed by atoms with van der Waals surface area (Å²) < 4.78 is 5.59. The minimum Gasteiger partial charge on any atom is -0.395 e. The van der Waals surface area contributed by atoms with Gasteiger partial charge in [-0.1, -0.05) is 6.92 Å². The van der Waals surface area contributed by atoms with Gasteiger partial charge in [-0.2, -0.15) is 5.06 Å². The lowest BCUT2D eigenvalue weighted by Crippen LogP contribution is -2.44. The highest BCUT2D eigenvalue weighted by atomic mass is 16.7. The number of hydroxylamine groups is 2. The highest BCUT2D eigenvalue weighted by Crippen LogP contribution is 2.33. The van der Waals surface area contributed by atoms with Crippen molar-refractivity contribution in [3.05, 3.63) is 0 Å². The van der Waals surface area contributed by atoms with Crippen molar-refractivity contribution in [2.24, 2.45) is 5.92 Å². The number of hydrogen-bond acceptors (Lipinski definition) is 4. The standard InChI is InChI=1S/C10H19NO3/c1-3-9(4-12)11-10-7(2)13-5-8(10)6-14-11/h7-10,12H,3-6H2,1-2H3/t7-,8-,9+,10-/m0/s1. The molecule has 0 aromatic rings. The van der Waals surface area contributed by atoms with Gasteiger partial charge in [0, 0.05) is 5.92 Å². The van der Waals surface area contributed by atoms with E-state index in [4.69, 9.17) is 9.57 Å². The van der Waals surface area contributed by atoms with Crippen molar-refractivity contribution in [2.45, 2.75) is 38.5 Å². The lowest BCUT2D eigenvalue weighted by atomic mass is 10.0. The van der Waals surface area contributed by atoms with Crippen molar-refractivity contribution in [3.63, 3.8) is 0 Å². The molecule has 2 aliphatic rings. The number of ether oxygens (including phenoxy) is 1. The molecular weight excluding hydrogens is 182 g/mol. The van der Waals surface area contributed by atoms with E-state index in [0.29, 0.717) is 12.0 Å². The van der Waals surface area contributed by atoms with Crippen LogP contribution in [0.15, 0.2) is 0 Å². The zero-order chi connectivity index (χ0) is 10.1. The second-order valence-corrected chi connectivity index (χ2v) is 4.19. The van der Waals surface area contributed by atoms with E-state index in [1.807, 2.05) is 5.06 Å². The predicted molar refractivity (Wildman–Crippen MR) is 51.6 cm³/mol. The van der Waals surface area contributed by atoms with Crippen LogP contribution in [0.25, 0.3) is 0 Å². The summed E-state index contributed by atoms with van der Waals surface area (Å²) in [6.07, 6.45) is 1.13. The molecule has 1 N–H and O–H groups in total. The van der Waals surface area contributed by atoms with Gasteiger partial charge in [0.15, 0.2) is 0 Å². The Bertz CT molecular complexity index is 196. The molecule has 0 spiro atoms. The number of aliphatic hydroxyl groups is 1. The molecule has 0 bridgehead atoms. The lowest BCUT2D eigenvalue weighted by molar-refractivity contribution is -0.186. The minimum atomic E-state index is 0.120. The monoisotopic (exact) mass is 201 g/mol. The van der Waals surface area contributed by atoms with Gasteiger partial charge in [-0.05, 0) is 13.3 Å². The molecule has 0 amide bonds. The van der Waals surface area contributed by atoms with E-state index < -0.39 is 0 Å². The third-order valence-electron chi connectivity index (χ3n) is 3.31. The topological polar surface area (TPSA) is 41.9 Å². The van der Waals surface area contributed by atoms with E-state index in [0.717, 1.165) is 19.6 Å². The fraction of sp³-hybridized carbons (Fsp3) is 1.00. The van der Waals surface area contributed by atoms with Crippen LogP contribution in [-0.4, -0.2) is 48.2 Å². The first kappa shape index (κ1) is 10.4. The average Bonchev–Trinajstić information content (AvgIpc) is 2.74. The molecule has 82 valence electrons. The van der Waals surface area contributed by atoms with Crippen LogP contribution in [0, 0.1) is 5.92 Å². The van der Waals surface area contributed by atoms with Crippen LogP contribution < -0.4 is 0 Å². The van der Waals surface area contributed by atoms with E-state index in [-0.39, 0.29) is 18.8 Å². The van der Waals surface area contributed by atoms with Crippen LogP contribution >= 0.6 is 0 Å². The minimum absolute atomic E-state index is 0.120. The Labute approximate surface area is 84.7 Å². The fourth-order valence-corrected chi connectivity index (χ4v) is 2.42. The summed E-state index contributed by atoms with van der Waals surface area (Å²) in [5.74, 6) is 0.491. The predicted octanol–water partition coefficient (Wildman–Crippen LogP) is 0.408. The van der Waals surface area contributed by atoms with Gasteiger partial charge in [-0.25, -0.2) is 0 Å². The SMILES string of the molecule is CC[C@H](CO)N1OC[C@@H]2CO[C@@H](C)[C@@H]21. The summed E-state index contributed by atoms with van der Waals surface area (Å²) in [5, 5.41) is 11.2. The molecule has 4 atom stereocenters. The second-order valence-electron chi connectivity index (χ2n) is 4.19. The molecule has 0 aromatic heterocycles. The molecule has 14 heavy (non-hydrogen) atoms. The van der Waals surface area contributed by atoms with Gasteiger partial charge in [0.05, 0.1) is 38.0 Å². The average molecular weight is 201 g/mol. The molecule has 2 heterocycles. The molecule has 2 fully saturated rings. The van der Waals surface area contributed by atoms with E-state index in [2.05, 4.69) is 13.8 Å². The first-order valence-corrected chi connectivity index (χ1v) is 5.41. The van der Waals surface area contributed by atoms with Crippen LogP contribution in [0.4, 0.5) is 0 Å². The number of hydrogen-bond donors (Lipinski definition) is 1. The number of rotatable bonds is 3. The van der Waals surface area contributed by atoms with E-state index in [9.17, 15) is 5.11 Å². The van der Waals surface area contributed by atoms with Crippen molar-refractivity contribution >= 4 is 0 Å². The summed E-state index contributed by atoms with van der Waals surface area (Å²) >= 11 is 0. The highest BCUT2D eigenvalue weighted by molar-refractivity contribution is 4.92. The van der Waals surface area contributed by atoms with Crippen LogP contribution in [0.1, 0.15) is 20.3 Å². The summed E-state index contributed by atoms with van der Waals surface area (Å²) in [6.45, 7) is 5.84. The Morgan fingerprint density at radius 3 is 2.93 bits per heavy atom. The molecule has 4 heteroatoms. The van der Waals surface area contributed by atoms with Crippen molar-refractivity contribution in [1.82, 2.24) is 5.06 Å². The largest absolute Gasteiger partial charge is 0.395 e. The Balaban J connectivity index is 2.05. The third kappa shape index (κ3) is 1.56. The lowest BCUT2D eigenvalue weighted by Gasteiger charge is -2.30. The van der Waals surface area contributed by atoms with Gasteiger partial charge in [0.1, 0.15) is 0 Å². The Hall–Kier alpha value is -0.160. The van der Waals surface area contributed by atoms with Crippen molar-refractivity contribution < 1.29 is 14.7 Å². The van der Waals surface area contributed by atoms with E-state index >= 15 is 0 Å². The number of aliphatic hydroxyl groups excluding tert-OH is 1. The quantitative estimate of drug-likeness (QED) is 0.718. The van der Waals surface area contributed by atoms with Gasteiger partial charge in [0.2, 0.25) is 0 Å². The Morgan fingerprint density at radius 1 is 1.50 bits per heavy atom. The Kier molecular flexibility index (Phi) is 3.07. The molecule has 2 rings (SSSR count). The molecule has 4 nitrogen and oxygen atoms in total. The van der Waals surface area contributed by atoms with E-state index in [1.54, 1.807) is 0 Å². The summed E-state index contributed by atoms with van der Waals surface area (Å²) in [4.78, 5) is 5.63. The Morgan fingerprint density at radius 2 is 2.29 bits per heavy atom. The van der Waals surface area contributed by atoms with Gasteiger partial charge >= 0.3 is 0 Å². The maximum absolute atomic E-state index is 9.23. The molecular formula is C10H19NO3. The van der Waals surface area contributed by atoms with E-state index in [1.165, 1.54) is 0 Å². The van der Waals surface area contributed by atoms with Crippen molar-refractivity contribution in [3.8, 4) is 0 Å². The van der Waals surface area contributed by atoms with Crippen LogP contribution in [0.5, 0.6) is 0 Å². The molecule has 0 aliphatic carbocycles. The number of nitrogens with zero attached hydrogens (tertiary/aromatic N) is 1. The number of fused-ring (bicyclic) bond motifs is 1. The molecule has 0 saturated carbocycles. The van der Waals surface area contributed by atoms with Crippen molar-refractivity contribution in [2.75, 3.05) is 19.8 Å². The van der Waals surface area contributed by atoms with Gasteiger partial charge in [-0.15, -0.1) is 0 Å². The highest BCUT2D eigenvalue weighted by Gasteiger charge is 2.46. The maximum Gasteiger partial charge on any atom is 0.0752 e. The summed E-state index contributed by atoms with van der Waals surface area (Å²) in [5.41, 5.74) is 0. The molecule has 2 saturated heterocycles. The molecule has 0 radical (unpaired) electrons. The van der Waals surface area contributed by atoms with Gasteiger partial charge in [-0.3, -0.25) is 4.84 Å².